The predicted molar refractivity (Wildman–Crippen MR) is 91.4 cm³/mol. The minimum atomic E-state index is -5.66. The molecule has 3 heterocycles. The van der Waals surface area contributed by atoms with E-state index in [1.54, 1.807) is 0 Å². The van der Waals surface area contributed by atoms with E-state index >= 15 is 0 Å². The van der Waals surface area contributed by atoms with Crippen LogP contribution in [0.1, 0.15) is 0 Å². The number of hydrogen-bond donors (Lipinski definition) is 0. The van der Waals surface area contributed by atoms with Crippen molar-refractivity contribution in [1.82, 2.24) is 15.0 Å². The normalized spacial score (nSPS) is 10.8. The predicted octanol–water partition coefficient (Wildman–Crippen LogP) is 2.90. The zero-order valence-corrected chi connectivity index (χ0v) is 18.8. The second-order valence-electron chi connectivity index (χ2n) is 5.34. The first-order valence-electron chi connectivity index (χ1n) is 7.28. The molecule has 0 aliphatic heterocycles. The number of rotatable bonds is 3. The Balaban J connectivity index is 0.00000272. The maximum absolute atomic E-state index is 14.3. The molecule has 0 spiro atoms. The van der Waals surface area contributed by atoms with Crippen LogP contribution in [0.25, 0.3) is 0 Å². The van der Waals surface area contributed by atoms with Crippen LogP contribution in [0, 0.1) is 70.2 Å². The first kappa shape index (κ1) is 29.0. The monoisotopic (exact) mass is 643 g/mol. The van der Waals surface area contributed by atoms with Crippen molar-refractivity contribution in [3.8, 4) is 0 Å². The van der Waals surface area contributed by atoms with E-state index in [9.17, 15) is 52.7 Å². The van der Waals surface area contributed by atoms with Crippen LogP contribution in [0.4, 0.5) is 52.7 Å². The summed E-state index contributed by atoms with van der Waals surface area (Å²) < 4.78 is 159. The third-order valence-corrected chi connectivity index (χ3v) is 9.70. The first-order chi connectivity index (χ1) is 14.4. The second kappa shape index (κ2) is 10.5. The Kier molecular flexibility index (Phi) is 9.25. The quantitative estimate of drug-likeness (QED) is 0.250. The van der Waals surface area contributed by atoms with Crippen molar-refractivity contribution in [3.05, 3.63) is 70.2 Å². The molecule has 0 aliphatic rings. The number of halogens is 14. The Morgan fingerprint density at radius 2 is 0.545 bits per heavy atom. The molecule has 180 valence electrons. The van der Waals surface area contributed by atoms with Crippen molar-refractivity contribution < 1.29 is 52.7 Å². The molecule has 3 nitrogen and oxygen atoms in total. The second-order valence-corrected chi connectivity index (χ2v) is 10.9. The first-order valence-corrected chi connectivity index (χ1v) is 11.1. The van der Waals surface area contributed by atoms with Crippen LogP contribution in [0.3, 0.4) is 0 Å². The molecule has 33 heavy (non-hydrogen) atoms. The van der Waals surface area contributed by atoms with Gasteiger partial charge < -0.3 is 0 Å². The van der Waals surface area contributed by atoms with Crippen molar-refractivity contribution in [3.63, 3.8) is 0 Å². The fourth-order valence-electron chi connectivity index (χ4n) is 2.17. The Morgan fingerprint density at radius 1 is 0.333 bits per heavy atom. The molecule has 0 fully saturated rings. The van der Waals surface area contributed by atoms with Crippen LogP contribution in [-0.2, 0) is 0 Å². The van der Waals surface area contributed by atoms with Crippen LogP contribution in [0.2, 0.25) is 0 Å². The molecule has 0 aliphatic carbocycles. The van der Waals surface area contributed by atoms with E-state index in [4.69, 9.17) is 0 Å². The van der Waals surface area contributed by atoms with Crippen molar-refractivity contribution in [2.24, 2.45) is 0 Å². The van der Waals surface area contributed by atoms with Gasteiger partial charge in [-0.25, -0.2) is 0 Å². The summed E-state index contributed by atoms with van der Waals surface area (Å²) >= 11 is -5.66. The average Bonchev–Trinajstić information content (AvgIpc) is 2.74. The van der Waals surface area contributed by atoms with Crippen LogP contribution >= 0.6 is 24.8 Å². The van der Waals surface area contributed by atoms with Crippen molar-refractivity contribution >= 4 is 55.9 Å². The van der Waals surface area contributed by atoms with E-state index in [0.717, 1.165) is 0 Å². The number of nitrogens with zero attached hydrogens (tertiary/aromatic N) is 3. The molecule has 0 saturated carbocycles. The number of pyridine rings is 3. The van der Waals surface area contributed by atoms with Gasteiger partial charge in [0.1, 0.15) is 0 Å². The molecule has 3 rings (SSSR count). The zero-order chi connectivity index (χ0) is 23.4. The van der Waals surface area contributed by atoms with Gasteiger partial charge >= 0.3 is 169 Å². The van der Waals surface area contributed by atoms with Gasteiger partial charge in [-0.2, -0.15) is 0 Å². The van der Waals surface area contributed by atoms with Crippen LogP contribution < -0.4 is 10.9 Å². The third kappa shape index (κ3) is 4.80. The van der Waals surface area contributed by atoms with Gasteiger partial charge in [0.2, 0.25) is 0 Å². The van der Waals surface area contributed by atoms with E-state index in [2.05, 4.69) is 15.0 Å². The van der Waals surface area contributed by atoms with Gasteiger partial charge in [-0.3, -0.25) is 0 Å². The molecule has 0 atom stereocenters. The molecule has 18 heteroatoms. The Labute approximate surface area is 193 Å². The molecular weight excluding hydrogens is 643 g/mol. The van der Waals surface area contributed by atoms with Gasteiger partial charge in [0.05, 0.1) is 0 Å². The van der Waals surface area contributed by atoms with Gasteiger partial charge in [-0.15, -0.1) is 24.8 Å². The van der Waals surface area contributed by atoms with E-state index in [0.29, 0.717) is 0 Å². The molecule has 0 saturated heterocycles. The maximum atomic E-state index is 14.3. The van der Waals surface area contributed by atoms with Gasteiger partial charge in [-0.05, 0) is 0 Å². The third-order valence-electron chi connectivity index (χ3n) is 3.54. The molecule has 0 unspecified atom stereocenters. The molecular formula is C15H2Cl2F12N3Sb. The SMILES string of the molecule is Cl.Cl.Fc1n[c]([Sb]([c]2nc(F)c(F)c(F)c2F)[c]2nc(F)c(F)c(F)c2F)c(F)c(F)c1F. The summed E-state index contributed by atoms with van der Waals surface area (Å²) in [7, 11) is 0. The van der Waals surface area contributed by atoms with Crippen LogP contribution in [0.5, 0.6) is 0 Å². The van der Waals surface area contributed by atoms with E-state index in [1.807, 2.05) is 0 Å². The summed E-state index contributed by atoms with van der Waals surface area (Å²) in [6.45, 7) is 0. The Morgan fingerprint density at radius 3 is 0.758 bits per heavy atom. The molecule has 3 aromatic rings. The summed E-state index contributed by atoms with van der Waals surface area (Å²) in [4.78, 5) is 7.70. The van der Waals surface area contributed by atoms with Gasteiger partial charge in [0, 0.05) is 0 Å². The summed E-state index contributed by atoms with van der Waals surface area (Å²) in [6, 6.07) is 0. The molecule has 0 amide bonds. The van der Waals surface area contributed by atoms with Gasteiger partial charge in [0.15, 0.2) is 0 Å². The molecule has 3 aromatic heterocycles. The summed E-state index contributed by atoms with van der Waals surface area (Å²) in [5.41, 5.74) is 0. The summed E-state index contributed by atoms with van der Waals surface area (Å²) in [6.07, 6.45) is 0. The summed E-state index contributed by atoms with van der Waals surface area (Å²) in [5.74, 6) is -30.1. The molecule has 0 N–H and O–H groups in total. The van der Waals surface area contributed by atoms with Crippen molar-refractivity contribution in [2.75, 3.05) is 0 Å². The zero-order valence-electron chi connectivity index (χ0n) is 14.6. The van der Waals surface area contributed by atoms with E-state index in [1.165, 1.54) is 0 Å². The number of hydrogen-bond acceptors (Lipinski definition) is 3. The van der Waals surface area contributed by atoms with Crippen LogP contribution in [-0.4, -0.2) is 35.2 Å². The van der Waals surface area contributed by atoms with Gasteiger partial charge in [0.25, 0.3) is 0 Å². The molecule has 0 aromatic carbocycles. The Bertz CT molecular complexity index is 1100. The van der Waals surface area contributed by atoms with Crippen molar-refractivity contribution in [1.29, 1.82) is 0 Å². The fourth-order valence-corrected chi connectivity index (χ4v) is 8.02. The fraction of sp³-hybridized carbons (Fsp3) is 0. The van der Waals surface area contributed by atoms with E-state index in [-0.39, 0.29) is 24.8 Å². The topological polar surface area (TPSA) is 38.7 Å². The van der Waals surface area contributed by atoms with Crippen LogP contribution in [0.15, 0.2) is 0 Å². The summed E-state index contributed by atoms with van der Waals surface area (Å²) in [5, 5.41) is 0. The Hall–Kier alpha value is -1.99. The van der Waals surface area contributed by atoms with Gasteiger partial charge in [-0.1, -0.05) is 0 Å². The average molecular weight is 645 g/mol. The number of aromatic nitrogens is 3. The molecule has 0 bridgehead atoms. The van der Waals surface area contributed by atoms with Crippen molar-refractivity contribution in [2.45, 2.75) is 0 Å². The standard InChI is InChI=1S/3C5F4N.2ClH.Sb/c3*6-2-1-10-5(9)4(8)3(2)7;;;/h;;;2*1H;. The minimum absolute atomic E-state index is 0. The molecule has 0 radical (unpaired) electrons. The van der Waals surface area contributed by atoms with E-state index < -0.39 is 101 Å².